The van der Waals surface area contributed by atoms with E-state index in [-0.39, 0.29) is 12.7 Å². The van der Waals surface area contributed by atoms with Gasteiger partial charge < -0.3 is 29.7 Å². The van der Waals surface area contributed by atoms with E-state index in [0.717, 1.165) is 17.8 Å². The molecule has 2 aliphatic heterocycles. The zero-order valence-corrected chi connectivity index (χ0v) is 19.7. The van der Waals surface area contributed by atoms with Gasteiger partial charge >= 0.3 is 5.97 Å². The third kappa shape index (κ3) is 4.43. The van der Waals surface area contributed by atoms with Crippen molar-refractivity contribution in [1.82, 2.24) is 4.90 Å². The molecule has 0 saturated carbocycles. The number of anilines is 2. The van der Waals surface area contributed by atoms with Gasteiger partial charge in [-0.25, -0.2) is 4.79 Å². The van der Waals surface area contributed by atoms with Gasteiger partial charge in [0.1, 0.15) is 0 Å². The van der Waals surface area contributed by atoms with Crippen LogP contribution in [0, 0.1) is 0 Å². The van der Waals surface area contributed by atoms with Gasteiger partial charge in [-0.2, -0.15) is 0 Å². The van der Waals surface area contributed by atoms with Crippen LogP contribution in [0.25, 0.3) is 11.3 Å². The van der Waals surface area contributed by atoms with Crippen molar-refractivity contribution in [1.29, 1.82) is 0 Å². The number of benzene rings is 3. The number of hydrogen-bond acceptors (Lipinski definition) is 7. The van der Waals surface area contributed by atoms with Crippen LogP contribution in [0.3, 0.4) is 0 Å². The van der Waals surface area contributed by atoms with Crippen molar-refractivity contribution in [2.24, 2.45) is 0 Å². The lowest BCUT2D eigenvalue weighted by molar-refractivity contribution is -0.110. The Hall–Kier alpha value is -4.30. The predicted molar refractivity (Wildman–Crippen MR) is 133 cm³/mol. The standard InChI is InChI=1S/C27H25N3O5/c1-30(2)14-16-4-8-19(9-5-16)28-25(17-7-11-22-23(13-17)35-15-34-22)24-20-10-6-18(27(32)33-3)12-21(20)29-26(24)31/h4-13,28H,14-15H2,1-3H3,(H,29,31)/b25-24-. The van der Waals surface area contributed by atoms with E-state index in [2.05, 4.69) is 27.7 Å². The van der Waals surface area contributed by atoms with Crippen LogP contribution in [0.2, 0.25) is 0 Å². The first-order valence-electron chi connectivity index (χ1n) is 11.1. The number of hydrogen-bond donors (Lipinski definition) is 2. The number of fused-ring (bicyclic) bond motifs is 2. The number of carbonyl (C=O) groups excluding carboxylic acids is 2. The monoisotopic (exact) mass is 471 g/mol. The van der Waals surface area contributed by atoms with Gasteiger partial charge in [-0.1, -0.05) is 18.2 Å². The minimum absolute atomic E-state index is 0.158. The van der Waals surface area contributed by atoms with Gasteiger partial charge in [-0.15, -0.1) is 0 Å². The Morgan fingerprint density at radius 1 is 1.00 bits per heavy atom. The van der Waals surface area contributed by atoms with Crippen molar-refractivity contribution < 1.29 is 23.8 Å². The Bertz CT molecular complexity index is 1350. The minimum Gasteiger partial charge on any atom is -0.465 e. The highest BCUT2D eigenvalue weighted by molar-refractivity contribution is 6.37. The maximum atomic E-state index is 13.2. The van der Waals surface area contributed by atoms with Crippen LogP contribution >= 0.6 is 0 Å². The average molecular weight is 472 g/mol. The van der Waals surface area contributed by atoms with Crippen LogP contribution in [0.4, 0.5) is 11.4 Å². The molecule has 2 heterocycles. The number of nitrogens with zero attached hydrogens (tertiary/aromatic N) is 1. The number of carbonyl (C=O) groups is 2. The second kappa shape index (κ2) is 9.15. The lowest BCUT2D eigenvalue weighted by Gasteiger charge is -2.16. The molecule has 0 aliphatic carbocycles. The molecule has 2 N–H and O–H groups in total. The fraction of sp³-hybridized carbons (Fsp3) is 0.185. The first kappa shape index (κ1) is 22.5. The predicted octanol–water partition coefficient (Wildman–Crippen LogP) is 4.20. The second-order valence-electron chi connectivity index (χ2n) is 8.58. The van der Waals surface area contributed by atoms with Crippen molar-refractivity contribution >= 4 is 34.5 Å². The Balaban J connectivity index is 1.60. The van der Waals surface area contributed by atoms with E-state index < -0.39 is 5.97 Å². The molecule has 2 aliphatic rings. The molecule has 5 rings (SSSR count). The second-order valence-corrected chi connectivity index (χ2v) is 8.58. The van der Waals surface area contributed by atoms with Gasteiger partial charge in [0.05, 0.1) is 29.6 Å². The number of rotatable bonds is 6. The van der Waals surface area contributed by atoms with Crippen molar-refractivity contribution in [3.63, 3.8) is 0 Å². The fourth-order valence-corrected chi connectivity index (χ4v) is 4.20. The van der Waals surface area contributed by atoms with Crippen LogP contribution in [0.15, 0.2) is 60.7 Å². The van der Waals surface area contributed by atoms with Crippen molar-refractivity contribution in [3.8, 4) is 11.5 Å². The van der Waals surface area contributed by atoms with E-state index in [1.165, 1.54) is 12.7 Å². The Kier molecular flexibility index (Phi) is 5.88. The Morgan fingerprint density at radius 2 is 1.74 bits per heavy atom. The van der Waals surface area contributed by atoms with E-state index in [4.69, 9.17) is 14.2 Å². The van der Waals surface area contributed by atoms with Gasteiger partial charge in [0.25, 0.3) is 5.91 Å². The van der Waals surface area contributed by atoms with Crippen LogP contribution in [0.5, 0.6) is 11.5 Å². The van der Waals surface area contributed by atoms with Gasteiger partial charge in [0.2, 0.25) is 6.79 Å². The average Bonchev–Trinajstić information content (AvgIpc) is 3.45. The van der Waals surface area contributed by atoms with Gasteiger partial charge in [-0.05, 0) is 62.1 Å². The molecule has 0 unspecified atom stereocenters. The molecular formula is C27H25N3O5. The maximum absolute atomic E-state index is 13.2. The first-order valence-corrected chi connectivity index (χ1v) is 11.1. The first-order chi connectivity index (χ1) is 16.9. The van der Waals surface area contributed by atoms with Crippen molar-refractivity contribution in [2.75, 3.05) is 38.6 Å². The van der Waals surface area contributed by atoms with Crippen molar-refractivity contribution in [3.05, 3.63) is 82.9 Å². The zero-order valence-electron chi connectivity index (χ0n) is 19.7. The summed E-state index contributed by atoms with van der Waals surface area (Å²) in [4.78, 5) is 27.3. The van der Waals surface area contributed by atoms with E-state index in [0.29, 0.717) is 39.6 Å². The third-order valence-electron chi connectivity index (χ3n) is 5.82. The molecule has 0 aromatic heterocycles. The summed E-state index contributed by atoms with van der Waals surface area (Å²) in [6, 6.07) is 18.7. The Labute approximate surface area is 203 Å². The van der Waals surface area contributed by atoms with Crippen LogP contribution in [-0.4, -0.2) is 44.8 Å². The van der Waals surface area contributed by atoms with E-state index in [1.54, 1.807) is 18.2 Å². The number of ether oxygens (including phenoxy) is 3. The molecule has 0 atom stereocenters. The largest absolute Gasteiger partial charge is 0.465 e. The molecule has 178 valence electrons. The summed E-state index contributed by atoms with van der Waals surface area (Å²) < 4.78 is 15.9. The SMILES string of the molecule is COC(=O)c1ccc2c(c1)NC(=O)/C2=C(\Nc1ccc(CN(C)C)cc1)c1ccc2c(c1)OCO2. The van der Waals surface area contributed by atoms with Crippen LogP contribution in [0.1, 0.15) is 27.0 Å². The molecule has 35 heavy (non-hydrogen) atoms. The highest BCUT2D eigenvalue weighted by Crippen LogP contribution is 2.41. The molecule has 0 fully saturated rings. The molecule has 3 aromatic rings. The van der Waals surface area contributed by atoms with E-state index >= 15 is 0 Å². The number of methoxy groups -OCH3 is 1. The highest BCUT2D eigenvalue weighted by Gasteiger charge is 2.30. The molecule has 1 amide bonds. The topological polar surface area (TPSA) is 89.1 Å². The van der Waals surface area contributed by atoms with Crippen LogP contribution < -0.4 is 20.1 Å². The zero-order chi connectivity index (χ0) is 24.5. The van der Waals surface area contributed by atoms with Crippen LogP contribution in [-0.2, 0) is 16.1 Å². The summed E-state index contributed by atoms with van der Waals surface area (Å²) >= 11 is 0. The molecule has 8 heteroatoms. The normalized spacial score (nSPS) is 15.0. The summed E-state index contributed by atoms with van der Waals surface area (Å²) in [5.74, 6) is 0.534. The van der Waals surface area contributed by atoms with Crippen molar-refractivity contribution in [2.45, 2.75) is 6.54 Å². The number of nitrogens with one attached hydrogen (secondary N) is 2. The molecular weight excluding hydrogens is 446 g/mol. The quantitative estimate of drug-likeness (QED) is 0.412. The summed E-state index contributed by atoms with van der Waals surface area (Å²) in [5.41, 5.74) is 5.46. The maximum Gasteiger partial charge on any atom is 0.337 e. The summed E-state index contributed by atoms with van der Waals surface area (Å²) in [7, 11) is 5.37. The van der Waals surface area contributed by atoms with Gasteiger partial charge in [0, 0.05) is 23.4 Å². The number of esters is 1. The van der Waals surface area contributed by atoms with Gasteiger partial charge in [0.15, 0.2) is 11.5 Å². The smallest absolute Gasteiger partial charge is 0.337 e. The fourth-order valence-electron chi connectivity index (χ4n) is 4.20. The summed E-state index contributed by atoms with van der Waals surface area (Å²) in [6.45, 7) is 0.986. The van der Waals surface area contributed by atoms with E-state index in [1.807, 2.05) is 44.4 Å². The molecule has 0 spiro atoms. The number of amides is 1. The minimum atomic E-state index is -0.466. The molecule has 0 radical (unpaired) electrons. The third-order valence-corrected chi connectivity index (χ3v) is 5.82. The Morgan fingerprint density at radius 3 is 2.49 bits per heavy atom. The lowest BCUT2D eigenvalue weighted by atomic mass is 9.98. The molecule has 3 aromatic carbocycles. The lowest BCUT2D eigenvalue weighted by Crippen LogP contribution is -2.11. The summed E-state index contributed by atoms with van der Waals surface area (Å²) in [6.07, 6.45) is 0. The molecule has 8 nitrogen and oxygen atoms in total. The highest BCUT2D eigenvalue weighted by atomic mass is 16.7. The molecule has 0 saturated heterocycles. The van der Waals surface area contributed by atoms with Gasteiger partial charge in [-0.3, -0.25) is 4.79 Å². The molecule has 0 bridgehead atoms. The summed E-state index contributed by atoms with van der Waals surface area (Å²) in [5, 5.41) is 6.33. The van der Waals surface area contributed by atoms with E-state index in [9.17, 15) is 9.59 Å².